The van der Waals surface area contributed by atoms with Crippen LogP contribution in [0.2, 0.25) is 0 Å². The zero-order chi connectivity index (χ0) is 23.7. The van der Waals surface area contributed by atoms with Gasteiger partial charge < -0.3 is 10.2 Å². The summed E-state index contributed by atoms with van der Waals surface area (Å²) in [5.41, 5.74) is -0.959. The quantitative estimate of drug-likeness (QED) is 0.670. The molecule has 176 valence electrons. The van der Waals surface area contributed by atoms with Gasteiger partial charge in [-0.15, -0.1) is 0 Å². The third-order valence-electron chi connectivity index (χ3n) is 5.51. The summed E-state index contributed by atoms with van der Waals surface area (Å²) in [7, 11) is 0. The second kappa shape index (κ2) is 8.94. The highest BCUT2D eigenvalue weighted by Gasteiger charge is 2.54. The summed E-state index contributed by atoms with van der Waals surface area (Å²) in [6, 6.07) is -1.21. The zero-order valence-electron chi connectivity index (χ0n) is 16.8. The molecule has 3 heterocycles. The van der Waals surface area contributed by atoms with Crippen molar-refractivity contribution in [3.63, 3.8) is 0 Å². The van der Waals surface area contributed by atoms with E-state index in [-0.39, 0.29) is 31.6 Å². The molecule has 13 heteroatoms. The number of pyridine rings is 1. The predicted octanol–water partition coefficient (Wildman–Crippen LogP) is 3.55. The summed E-state index contributed by atoms with van der Waals surface area (Å²) < 4.78 is 78.9. The molecule has 0 saturated carbocycles. The number of amides is 3. The van der Waals surface area contributed by atoms with E-state index in [1.165, 1.54) is 4.90 Å². The first kappa shape index (κ1) is 23.8. The number of nitrogens with zero attached hydrogens (tertiary/aromatic N) is 3. The van der Waals surface area contributed by atoms with Gasteiger partial charge in [-0.3, -0.25) is 20.1 Å². The van der Waals surface area contributed by atoms with E-state index < -0.39 is 54.2 Å². The lowest BCUT2D eigenvalue weighted by atomic mass is 9.87. The minimum Gasteiger partial charge on any atom is -0.341 e. The Morgan fingerprint density at radius 1 is 1.12 bits per heavy atom. The average Bonchev–Trinajstić information content (AvgIpc) is 3.25. The van der Waals surface area contributed by atoms with Crippen LogP contribution in [-0.4, -0.2) is 57.9 Å². The number of alkyl halides is 6. The smallest absolute Gasteiger partial charge is 0.341 e. The monoisotopic (exact) mass is 465 g/mol. The molecule has 3 amide bonds. The van der Waals surface area contributed by atoms with Gasteiger partial charge in [0.1, 0.15) is 17.6 Å². The number of likely N-dealkylation sites (tertiary alicyclic amines) is 2. The molecule has 2 atom stereocenters. The zero-order valence-corrected chi connectivity index (χ0v) is 16.8. The fourth-order valence-electron chi connectivity index (χ4n) is 3.88. The first-order valence-electron chi connectivity index (χ1n) is 9.91. The summed E-state index contributed by atoms with van der Waals surface area (Å²) in [5.74, 6) is -3.41. The minimum atomic E-state index is -4.75. The molecule has 0 spiro atoms. The van der Waals surface area contributed by atoms with Crippen LogP contribution in [0.3, 0.4) is 0 Å². The molecule has 2 N–H and O–H groups in total. The molecule has 3 rings (SSSR count). The van der Waals surface area contributed by atoms with Gasteiger partial charge in [0.25, 0.3) is 0 Å². The van der Waals surface area contributed by atoms with E-state index in [9.17, 15) is 35.9 Å². The molecule has 2 aliphatic heterocycles. The standard InChI is InChI=1S/C19H21F6N5O2/c20-18(21,22)12-4-6-14(26)30(15(12)16(31)29-7-1-2-8-29)17(32)28-10-11-3-5-13(27-9-11)19(23,24)25/h3,5,9,12,15,26H,1-2,4,6-8,10H2,(H,28,32). The highest BCUT2D eigenvalue weighted by molar-refractivity contribution is 6.02. The fourth-order valence-corrected chi connectivity index (χ4v) is 3.88. The van der Waals surface area contributed by atoms with Crippen LogP contribution in [0.25, 0.3) is 0 Å². The number of rotatable bonds is 3. The number of aromatic nitrogens is 1. The highest BCUT2D eigenvalue weighted by atomic mass is 19.4. The third-order valence-corrected chi connectivity index (χ3v) is 5.51. The van der Waals surface area contributed by atoms with E-state index in [2.05, 4.69) is 10.3 Å². The van der Waals surface area contributed by atoms with Crippen molar-refractivity contribution >= 4 is 17.8 Å². The maximum atomic E-state index is 13.7. The number of urea groups is 1. The first-order chi connectivity index (χ1) is 14.9. The van der Waals surface area contributed by atoms with Crippen molar-refractivity contribution in [1.82, 2.24) is 20.1 Å². The lowest BCUT2D eigenvalue weighted by Crippen LogP contribution is -2.62. The van der Waals surface area contributed by atoms with Crippen molar-refractivity contribution in [2.75, 3.05) is 13.1 Å². The van der Waals surface area contributed by atoms with Gasteiger partial charge in [0.2, 0.25) is 5.91 Å². The Balaban J connectivity index is 1.79. The molecule has 1 aromatic rings. The predicted molar refractivity (Wildman–Crippen MR) is 99.4 cm³/mol. The number of amidine groups is 1. The van der Waals surface area contributed by atoms with Crippen molar-refractivity contribution in [3.05, 3.63) is 29.6 Å². The van der Waals surface area contributed by atoms with E-state index in [1.54, 1.807) is 0 Å². The molecule has 2 unspecified atom stereocenters. The van der Waals surface area contributed by atoms with Gasteiger partial charge in [-0.05, 0) is 30.9 Å². The van der Waals surface area contributed by atoms with Crippen LogP contribution >= 0.6 is 0 Å². The molecular weight excluding hydrogens is 444 g/mol. The van der Waals surface area contributed by atoms with Crippen molar-refractivity contribution in [2.24, 2.45) is 5.92 Å². The summed E-state index contributed by atoms with van der Waals surface area (Å²) in [6.45, 7) is 0.217. The number of carbonyl (C=O) groups is 2. The fraction of sp³-hybridized carbons (Fsp3) is 0.579. The Hall–Kier alpha value is -2.86. The van der Waals surface area contributed by atoms with Crippen LogP contribution in [-0.2, 0) is 17.5 Å². The number of hydrogen-bond acceptors (Lipinski definition) is 4. The van der Waals surface area contributed by atoms with Gasteiger partial charge >= 0.3 is 18.4 Å². The SMILES string of the molecule is N=C1CCC(C(F)(F)F)C(C(=O)N2CCCC2)N1C(=O)NCc1ccc(C(F)(F)F)nc1. The van der Waals surface area contributed by atoms with Crippen molar-refractivity contribution in [1.29, 1.82) is 5.41 Å². The largest absolute Gasteiger partial charge is 0.433 e. The lowest BCUT2D eigenvalue weighted by Gasteiger charge is -2.42. The highest BCUT2D eigenvalue weighted by Crippen LogP contribution is 2.39. The van der Waals surface area contributed by atoms with Crippen LogP contribution in [0, 0.1) is 11.3 Å². The van der Waals surface area contributed by atoms with Crippen LogP contribution in [0.4, 0.5) is 31.1 Å². The van der Waals surface area contributed by atoms with Crippen molar-refractivity contribution in [3.8, 4) is 0 Å². The number of piperidine rings is 1. The summed E-state index contributed by atoms with van der Waals surface area (Å²) in [6.07, 6.45) is -8.06. The molecule has 1 aromatic heterocycles. The van der Waals surface area contributed by atoms with Gasteiger partial charge in [-0.2, -0.15) is 26.3 Å². The topological polar surface area (TPSA) is 89.4 Å². The van der Waals surface area contributed by atoms with E-state index >= 15 is 0 Å². The van der Waals surface area contributed by atoms with Gasteiger partial charge in [-0.1, -0.05) is 6.07 Å². The lowest BCUT2D eigenvalue weighted by molar-refractivity contribution is -0.195. The molecule has 7 nitrogen and oxygen atoms in total. The Bertz CT molecular complexity index is 864. The Morgan fingerprint density at radius 2 is 1.78 bits per heavy atom. The average molecular weight is 465 g/mol. The Labute approximate surface area is 179 Å². The maximum Gasteiger partial charge on any atom is 0.433 e. The first-order valence-corrected chi connectivity index (χ1v) is 9.91. The minimum absolute atomic E-state index is 0.171. The summed E-state index contributed by atoms with van der Waals surface area (Å²) in [4.78, 5) is 30.7. The van der Waals surface area contributed by atoms with Crippen LogP contribution in [0.1, 0.15) is 36.9 Å². The second-order valence-electron chi connectivity index (χ2n) is 7.69. The van der Waals surface area contributed by atoms with Crippen LogP contribution < -0.4 is 5.32 Å². The van der Waals surface area contributed by atoms with Gasteiger partial charge in [0, 0.05) is 32.3 Å². The van der Waals surface area contributed by atoms with E-state index in [0.717, 1.165) is 12.3 Å². The third kappa shape index (κ3) is 5.13. The normalized spacial score (nSPS) is 22.2. The van der Waals surface area contributed by atoms with Crippen molar-refractivity contribution < 1.29 is 35.9 Å². The molecule has 0 radical (unpaired) electrons. The number of hydrogen-bond donors (Lipinski definition) is 2. The Morgan fingerprint density at radius 3 is 2.31 bits per heavy atom. The maximum absolute atomic E-state index is 13.7. The number of nitrogens with one attached hydrogen (secondary N) is 2. The number of carbonyl (C=O) groups excluding carboxylic acids is 2. The molecule has 0 bridgehead atoms. The van der Waals surface area contributed by atoms with Crippen LogP contribution in [0.15, 0.2) is 18.3 Å². The van der Waals surface area contributed by atoms with Gasteiger partial charge in [-0.25, -0.2) is 4.79 Å². The molecule has 2 fully saturated rings. The second-order valence-corrected chi connectivity index (χ2v) is 7.69. The molecular formula is C19H21F6N5O2. The van der Waals surface area contributed by atoms with E-state index in [4.69, 9.17) is 5.41 Å². The van der Waals surface area contributed by atoms with Crippen molar-refractivity contribution in [2.45, 2.75) is 50.6 Å². The van der Waals surface area contributed by atoms with Gasteiger partial charge in [0.15, 0.2) is 0 Å². The van der Waals surface area contributed by atoms with Crippen LogP contribution in [0.5, 0.6) is 0 Å². The van der Waals surface area contributed by atoms with Gasteiger partial charge in [0.05, 0.1) is 5.92 Å². The van der Waals surface area contributed by atoms with E-state index in [0.29, 0.717) is 23.8 Å². The molecule has 0 aliphatic carbocycles. The van der Waals surface area contributed by atoms with E-state index in [1.807, 2.05) is 0 Å². The summed E-state index contributed by atoms with van der Waals surface area (Å²) >= 11 is 0. The molecule has 32 heavy (non-hydrogen) atoms. The summed E-state index contributed by atoms with van der Waals surface area (Å²) in [5, 5.41) is 10.3. The molecule has 0 aromatic carbocycles. The number of halogens is 6. The molecule has 2 saturated heterocycles. The molecule has 2 aliphatic rings. The Kier molecular flexibility index (Phi) is 6.65.